The molecular formula is C17H30N4. The van der Waals surface area contributed by atoms with E-state index < -0.39 is 0 Å². The largest absolute Gasteiger partial charge is 0.370 e. The highest BCUT2D eigenvalue weighted by atomic mass is 15.2. The van der Waals surface area contributed by atoms with Gasteiger partial charge in [-0.05, 0) is 39.4 Å². The first-order chi connectivity index (χ1) is 9.97. The fourth-order valence-corrected chi connectivity index (χ4v) is 3.00. The van der Waals surface area contributed by atoms with Crippen molar-refractivity contribution in [2.45, 2.75) is 52.2 Å². The normalized spacial score (nSPS) is 20.0. The lowest BCUT2D eigenvalue weighted by Crippen LogP contribution is -2.45. The Morgan fingerprint density at radius 3 is 2.90 bits per heavy atom. The second-order valence-electron chi connectivity index (χ2n) is 6.66. The van der Waals surface area contributed by atoms with Gasteiger partial charge in [0.2, 0.25) is 0 Å². The standard InChI is InChI=1S/C17H30N4/c1-13(2)18-10-15-11-19-14(3)9-17(15)21(5)16-7-6-8-20(4)12-16/h9,11,13,16,18H,6-8,10,12H2,1-5H3. The van der Waals surface area contributed by atoms with Gasteiger partial charge in [-0.1, -0.05) is 13.8 Å². The molecular weight excluding hydrogens is 260 g/mol. The summed E-state index contributed by atoms with van der Waals surface area (Å²) in [7, 11) is 4.45. The van der Waals surface area contributed by atoms with E-state index in [2.05, 4.69) is 61.0 Å². The van der Waals surface area contributed by atoms with Crippen LogP contribution in [0.1, 0.15) is 37.9 Å². The molecule has 0 spiro atoms. The van der Waals surface area contributed by atoms with Gasteiger partial charge in [-0.2, -0.15) is 0 Å². The van der Waals surface area contributed by atoms with E-state index in [0.29, 0.717) is 12.1 Å². The number of anilines is 1. The molecule has 1 aromatic heterocycles. The first-order valence-corrected chi connectivity index (χ1v) is 8.07. The fourth-order valence-electron chi connectivity index (χ4n) is 3.00. The molecule has 21 heavy (non-hydrogen) atoms. The lowest BCUT2D eigenvalue weighted by atomic mass is 10.0. The quantitative estimate of drug-likeness (QED) is 0.902. The summed E-state index contributed by atoms with van der Waals surface area (Å²) >= 11 is 0. The molecule has 0 bridgehead atoms. The average Bonchev–Trinajstić information content (AvgIpc) is 2.45. The summed E-state index contributed by atoms with van der Waals surface area (Å²) in [5.74, 6) is 0. The third-order valence-corrected chi connectivity index (χ3v) is 4.33. The lowest BCUT2D eigenvalue weighted by molar-refractivity contribution is 0.248. The van der Waals surface area contributed by atoms with Crippen LogP contribution in [0.3, 0.4) is 0 Å². The van der Waals surface area contributed by atoms with Gasteiger partial charge in [0.25, 0.3) is 0 Å². The molecule has 4 nitrogen and oxygen atoms in total. The number of likely N-dealkylation sites (N-methyl/N-ethyl adjacent to an activating group) is 2. The highest BCUT2D eigenvalue weighted by Crippen LogP contribution is 2.25. The number of rotatable bonds is 5. The highest BCUT2D eigenvalue weighted by Gasteiger charge is 2.23. The Bertz CT molecular complexity index is 458. The molecule has 0 aliphatic carbocycles. The first kappa shape index (κ1) is 16.2. The maximum atomic E-state index is 4.48. The summed E-state index contributed by atoms with van der Waals surface area (Å²) in [6.07, 6.45) is 4.59. The monoisotopic (exact) mass is 290 g/mol. The van der Waals surface area contributed by atoms with Crippen LogP contribution in [0.4, 0.5) is 5.69 Å². The number of aromatic nitrogens is 1. The van der Waals surface area contributed by atoms with Crippen LogP contribution in [0.25, 0.3) is 0 Å². The molecule has 0 aromatic carbocycles. The van der Waals surface area contributed by atoms with Crippen LogP contribution in [0, 0.1) is 6.92 Å². The zero-order chi connectivity index (χ0) is 15.4. The summed E-state index contributed by atoms with van der Waals surface area (Å²) in [6.45, 7) is 9.69. The van der Waals surface area contributed by atoms with Crippen molar-refractivity contribution < 1.29 is 0 Å². The van der Waals surface area contributed by atoms with Gasteiger partial charge in [-0.25, -0.2) is 0 Å². The molecule has 0 amide bonds. The number of nitrogens with zero attached hydrogens (tertiary/aromatic N) is 3. The predicted molar refractivity (Wildman–Crippen MR) is 89.9 cm³/mol. The molecule has 1 aliphatic heterocycles. The molecule has 1 fully saturated rings. The second-order valence-corrected chi connectivity index (χ2v) is 6.66. The van der Waals surface area contributed by atoms with Gasteiger partial charge in [-0.3, -0.25) is 4.98 Å². The molecule has 1 N–H and O–H groups in total. The summed E-state index contributed by atoms with van der Waals surface area (Å²) in [4.78, 5) is 9.38. The minimum absolute atomic E-state index is 0.491. The van der Waals surface area contributed by atoms with Crippen molar-refractivity contribution in [2.24, 2.45) is 0 Å². The summed E-state index contributed by atoms with van der Waals surface area (Å²) in [6, 6.07) is 3.32. The zero-order valence-electron chi connectivity index (χ0n) is 14.2. The molecule has 1 unspecified atom stereocenters. The minimum atomic E-state index is 0.491. The van der Waals surface area contributed by atoms with Crippen molar-refractivity contribution in [1.29, 1.82) is 0 Å². The molecule has 0 radical (unpaired) electrons. The second kappa shape index (κ2) is 7.23. The summed E-state index contributed by atoms with van der Waals surface area (Å²) < 4.78 is 0. The number of likely N-dealkylation sites (tertiary alicyclic amines) is 1. The fraction of sp³-hybridized carbons (Fsp3) is 0.706. The molecule has 118 valence electrons. The van der Waals surface area contributed by atoms with Gasteiger partial charge >= 0.3 is 0 Å². The van der Waals surface area contributed by atoms with E-state index in [1.165, 1.54) is 30.6 Å². The van der Waals surface area contributed by atoms with Crippen LogP contribution in [0.2, 0.25) is 0 Å². The van der Waals surface area contributed by atoms with E-state index >= 15 is 0 Å². The number of nitrogens with one attached hydrogen (secondary N) is 1. The minimum Gasteiger partial charge on any atom is -0.370 e. The van der Waals surface area contributed by atoms with Crippen molar-refractivity contribution in [2.75, 3.05) is 32.1 Å². The van der Waals surface area contributed by atoms with Crippen molar-refractivity contribution in [3.8, 4) is 0 Å². The van der Waals surface area contributed by atoms with E-state index in [1.54, 1.807) is 0 Å². The third kappa shape index (κ3) is 4.42. The zero-order valence-corrected chi connectivity index (χ0v) is 14.2. The van der Waals surface area contributed by atoms with Gasteiger partial charge in [0.05, 0.1) is 0 Å². The smallest absolute Gasteiger partial charge is 0.0445 e. The van der Waals surface area contributed by atoms with Crippen molar-refractivity contribution in [3.63, 3.8) is 0 Å². The summed E-state index contributed by atoms with van der Waals surface area (Å²) in [5.41, 5.74) is 3.72. The Kier molecular flexibility index (Phi) is 5.59. The van der Waals surface area contributed by atoms with Crippen LogP contribution in [0.5, 0.6) is 0 Å². The van der Waals surface area contributed by atoms with Crippen molar-refractivity contribution >= 4 is 5.69 Å². The number of pyridine rings is 1. The van der Waals surface area contributed by atoms with Crippen molar-refractivity contribution in [1.82, 2.24) is 15.2 Å². The highest BCUT2D eigenvalue weighted by molar-refractivity contribution is 5.54. The molecule has 2 heterocycles. The summed E-state index contributed by atoms with van der Waals surface area (Å²) in [5, 5.41) is 3.51. The Morgan fingerprint density at radius 2 is 2.24 bits per heavy atom. The molecule has 0 saturated carbocycles. The molecule has 1 aromatic rings. The topological polar surface area (TPSA) is 31.4 Å². The average molecular weight is 290 g/mol. The Labute approximate surface area is 129 Å². The van der Waals surface area contributed by atoms with E-state index in [4.69, 9.17) is 0 Å². The van der Waals surface area contributed by atoms with E-state index in [1.807, 2.05) is 6.20 Å². The molecule has 1 atom stereocenters. The maximum Gasteiger partial charge on any atom is 0.0445 e. The molecule has 2 rings (SSSR count). The first-order valence-electron chi connectivity index (χ1n) is 8.07. The number of hydrogen-bond acceptors (Lipinski definition) is 4. The Hall–Kier alpha value is -1.13. The molecule has 1 saturated heterocycles. The van der Waals surface area contributed by atoms with E-state index in [0.717, 1.165) is 18.8 Å². The van der Waals surface area contributed by atoms with E-state index in [-0.39, 0.29) is 0 Å². The van der Waals surface area contributed by atoms with Crippen LogP contribution < -0.4 is 10.2 Å². The Balaban J connectivity index is 2.17. The lowest BCUT2D eigenvalue weighted by Gasteiger charge is -2.38. The molecule has 4 heteroatoms. The van der Waals surface area contributed by atoms with Crippen molar-refractivity contribution in [3.05, 3.63) is 23.5 Å². The van der Waals surface area contributed by atoms with Gasteiger partial charge in [0, 0.05) is 55.4 Å². The van der Waals surface area contributed by atoms with E-state index in [9.17, 15) is 0 Å². The van der Waals surface area contributed by atoms with Gasteiger partial charge in [0.15, 0.2) is 0 Å². The van der Waals surface area contributed by atoms with Gasteiger partial charge in [0.1, 0.15) is 0 Å². The number of piperidine rings is 1. The van der Waals surface area contributed by atoms with Crippen LogP contribution in [-0.2, 0) is 6.54 Å². The van der Waals surface area contributed by atoms with Gasteiger partial charge < -0.3 is 15.1 Å². The SMILES string of the molecule is Cc1cc(N(C)C2CCCN(C)C2)c(CNC(C)C)cn1. The van der Waals surface area contributed by atoms with Gasteiger partial charge in [-0.15, -0.1) is 0 Å². The predicted octanol–water partition coefficient (Wildman–Crippen LogP) is 2.42. The number of hydrogen-bond donors (Lipinski definition) is 1. The van der Waals surface area contributed by atoms with Crippen LogP contribution >= 0.6 is 0 Å². The van der Waals surface area contributed by atoms with Crippen LogP contribution in [-0.4, -0.2) is 49.2 Å². The van der Waals surface area contributed by atoms with Crippen LogP contribution in [0.15, 0.2) is 12.3 Å². The molecule has 1 aliphatic rings. The number of aryl methyl sites for hydroxylation is 1. The third-order valence-electron chi connectivity index (χ3n) is 4.33. The Morgan fingerprint density at radius 1 is 1.48 bits per heavy atom. The maximum absolute atomic E-state index is 4.48.